The zero-order valence-electron chi connectivity index (χ0n) is 16.8. The van der Waals surface area contributed by atoms with Crippen LogP contribution in [0.2, 0.25) is 0 Å². The molecule has 0 aliphatic carbocycles. The Labute approximate surface area is 177 Å². The molecule has 0 bridgehead atoms. The Kier molecular flexibility index (Phi) is 10.6. The summed E-state index contributed by atoms with van der Waals surface area (Å²) in [6.07, 6.45) is 1.75. The van der Waals surface area contributed by atoms with Crippen molar-refractivity contribution < 1.29 is 34.0 Å². The molecule has 1 heterocycles. The second-order valence-electron chi connectivity index (χ2n) is 7.27. The molecule has 166 valence electrons. The summed E-state index contributed by atoms with van der Waals surface area (Å²) in [4.78, 5) is 10.4. The third-order valence-corrected chi connectivity index (χ3v) is 7.66. The van der Waals surface area contributed by atoms with Crippen LogP contribution in [0, 0.1) is 0 Å². The minimum Gasteiger partial charge on any atom is -0.394 e. The lowest BCUT2D eigenvalue weighted by Gasteiger charge is -2.42. The quantitative estimate of drug-likeness (QED) is 0.285. The summed E-state index contributed by atoms with van der Waals surface area (Å²) in [5.74, 6) is 0.721. The summed E-state index contributed by atoms with van der Waals surface area (Å²) >= 11 is 1.37. The second-order valence-corrected chi connectivity index (χ2v) is 10.2. The Bertz CT molecular complexity index is 633. The van der Waals surface area contributed by atoms with E-state index in [0.29, 0.717) is 0 Å². The fraction of sp³-hybridized carbons (Fsp3) is 0.700. The maximum Gasteiger partial charge on any atom is 0.359 e. The van der Waals surface area contributed by atoms with E-state index in [1.165, 1.54) is 43.2 Å². The average molecular weight is 449 g/mol. The van der Waals surface area contributed by atoms with E-state index in [9.17, 15) is 24.8 Å². The van der Waals surface area contributed by atoms with Gasteiger partial charge in [0.2, 0.25) is 0 Å². The van der Waals surface area contributed by atoms with E-state index in [2.05, 4.69) is 6.92 Å². The number of benzene rings is 1. The molecule has 7 nitrogen and oxygen atoms in total. The molecule has 0 spiro atoms. The van der Waals surface area contributed by atoms with Gasteiger partial charge in [-0.05, 0) is 24.3 Å². The maximum atomic E-state index is 12.7. The molecule has 1 fully saturated rings. The van der Waals surface area contributed by atoms with Crippen molar-refractivity contribution in [1.82, 2.24) is 0 Å². The van der Waals surface area contributed by atoms with Gasteiger partial charge in [-0.25, -0.2) is 0 Å². The van der Waals surface area contributed by atoms with Crippen LogP contribution in [0.5, 0.6) is 0 Å². The van der Waals surface area contributed by atoms with Crippen LogP contribution in [0.15, 0.2) is 30.3 Å². The number of ether oxygens (including phenoxy) is 1. The van der Waals surface area contributed by atoms with Crippen LogP contribution in [-0.2, 0) is 13.8 Å². The van der Waals surface area contributed by atoms with Gasteiger partial charge in [-0.3, -0.25) is 9.09 Å². The number of hydrogen-bond acceptors (Lipinski definition) is 7. The summed E-state index contributed by atoms with van der Waals surface area (Å²) in [6, 6.07) is 7.91. The SMILES string of the molecule is CCCCCCCCSC1O[C@H](CO)[C@@H](O)[C@H](O)[C@H]1OP(=O)(O)c1ccccc1. The van der Waals surface area contributed by atoms with Gasteiger partial charge in [0.25, 0.3) is 0 Å². The van der Waals surface area contributed by atoms with Crippen molar-refractivity contribution in [3.8, 4) is 0 Å². The maximum absolute atomic E-state index is 12.7. The number of rotatable bonds is 12. The zero-order chi connectivity index (χ0) is 21.3. The predicted molar refractivity (Wildman–Crippen MR) is 114 cm³/mol. The highest BCUT2D eigenvalue weighted by Gasteiger charge is 2.47. The molecule has 0 amide bonds. The minimum absolute atomic E-state index is 0.102. The average Bonchev–Trinajstić information content (AvgIpc) is 2.72. The predicted octanol–water partition coefficient (Wildman–Crippen LogP) is 2.42. The molecule has 29 heavy (non-hydrogen) atoms. The van der Waals surface area contributed by atoms with Crippen molar-refractivity contribution in [2.75, 3.05) is 12.4 Å². The molecule has 2 rings (SSSR count). The van der Waals surface area contributed by atoms with E-state index >= 15 is 0 Å². The van der Waals surface area contributed by atoms with Crippen LogP contribution in [0.25, 0.3) is 0 Å². The van der Waals surface area contributed by atoms with Crippen molar-refractivity contribution in [3.05, 3.63) is 30.3 Å². The van der Waals surface area contributed by atoms with Crippen molar-refractivity contribution in [2.24, 2.45) is 0 Å². The first kappa shape index (κ1) is 24.8. The zero-order valence-corrected chi connectivity index (χ0v) is 18.5. The van der Waals surface area contributed by atoms with Crippen LogP contribution in [0.3, 0.4) is 0 Å². The topological polar surface area (TPSA) is 116 Å². The molecule has 1 aromatic rings. The van der Waals surface area contributed by atoms with Gasteiger partial charge in [-0.15, -0.1) is 11.8 Å². The summed E-state index contributed by atoms with van der Waals surface area (Å²) in [5, 5.41) is 30.2. The molecular weight excluding hydrogens is 415 g/mol. The smallest absolute Gasteiger partial charge is 0.359 e. The van der Waals surface area contributed by atoms with Crippen LogP contribution >= 0.6 is 19.4 Å². The van der Waals surface area contributed by atoms with Gasteiger partial charge in [0, 0.05) is 0 Å². The van der Waals surface area contributed by atoms with E-state index in [1.54, 1.807) is 18.2 Å². The molecule has 1 aromatic carbocycles. The monoisotopic (exact) mass is 448 g/mol. The molecule has 0 radical (unpaired) electrons. The van der Waals surface area contributed by atoms with Gasteiger partial charge in [-0.2, -0.15) is 0 Å². The highest BCUT2D eigenvalue weighted by Crippen LogP contribution is 2.46. The van der Waals surface area contributed by atoms with E-state index in [0.717, 1.165) is 25.0 Å². The Balaban J connectivity index is 2.01. The van der Waals surface area contributed by atoms with Crippen molar-refractivity contribution in [1.29, 1.82) is 0 Å². The Morgan fingerprint density at radius 1 is 1.07 bits per heavy atom. The molecule has 2 unspecified atom stereocenters. The van der Waals surface area contributed by atoms with Crippen molar-refractivity contribution in [3.63, 3.8) is 0 Å². The van der Waals surface area contributed by atoms with Gasteiger partial charge >= 0.3 is 7.60 Å². The molecule has 1 aliphatic rings. The fourth-order valence-electron chi connectivity index (χ4n) is 3.23. The molecular formula is C20H33O7PS. The lowest BCUT2D eigenvalue weighted by Crippen LogP contribution is -2.58. The number of hydrogen-bond donors (Lipinski definition) is 4. The molecule has 1 aliphatic heterocycles. The molecule has 4 N–H and O–H groups in total. The van der Waals surface area contributed by atoms with Gasteiger partial charge < -0.3 is 24.9 Å². The Morgan fingerprint density at radius 3 is 2.38 bits per heavy atom. The van der Waals surface area contributed by atoms with Crippen molar-refractivity contribution >= 4 is 24.7 Å². The van der Waals surface area contributed by atoms with E-state index in [-0.39, 0.29) is 5.30 Å². The fourth-order valence-corrected chi connectivity index (χ4v) is 5.78. The third-order valence-electron chi connectivity index (χ3n) is 4.95. The van der Waals surface area contributed by atoms with E-state index in [1.807, 2.05) is 0 Å². The first-order valence-electron chi connectivity index (χ1n) is 10.2. The van der Waals surface area contributed by atoms with Crippen molar-refractivity contribution in [2.45, 2.75) is 75.3 Å². The third kappa shape index (κ3) is 7.33. The molecule has 0 saturated carbocycles. The normalized spacial score (nSPS) is 29.5. The lowest BCUT2D eigenvalue weighted by molar-refractivity contribution is -0.200. The van der Waals surface area contributed by atoms with Crippen LogP contribution in [0.4, 0.5) is 0 Å². The molecule has 1 saturated heterocycles. The first-order chi connectivity index (χ1) is 13.9. The largest absolute Gasteiger partial charge is 0.394 e. The highest BCUT2D eigenvalue weighted by molar-refractivity contribution is 7.99. The lowest BCUT2D eigenvalue weighted by atomic mass is 10.0. The summed E-state index contributed by atoms with van der Waals surface area (Å²) in [5.41, 5.74) is -0.773. The first-order valence-corrected chi connectivity index (χ1v) is 12.8. The molecule has 0 aromatic heterocycles. The van der Waals surface area contributed by atoms with Crippen LogP contribution in [0.1, 0.15) is 45.4 Å². The Morgan fingerprint density at radius 2 is 1.72 bits per heavy atom. The Hall–Kier alpha value is -0.440. The van der Waals surface area contributed by atoms with Gasteiger partial charge in [-0.1, -0.05) is 57.2 Å². The van der Waals surface area contributed by atoms with Crippen LogP contribution in [-0.4, -0.2) is 62.4 Å². The van der Waals surface area contributed by atoms with Crippen LogP contribution < -0.4 is 5.30 Å². The molecule has 9 heteroatoms. The minimum atomic E-state index is -4.23. The second kappa shape index (κ2) is 12.4. The number of aliphatic hydroxyl groups is 3. The standard InChI is InChI=1S/C20H33O7PS/c1-2-3-4-5-6-10-13-29-20-19(18(23)17(22)16(14-21)26-20)27-28(24,25)15-11-8-7-9-12-15/h7-9,11-12,16-23H,2-6,10,13-14H2,1H3,(H,24,25)/t16-,17-,18+,19-,20?/m1/s1. The molecule has 6 atom stereocenters. The summed E-state index contributed by atoms with van der Waals surface area (Å²) < 4.78 is 23.9. The summed E-state index contributed by atoms with van der Waals surface area (Å²) in [6.45, 7) is 1.71. The van der Waals surface area contributed by atoms with E-state index < -0.39 is 44.1 Å². The number of aliphatic hydroxyl groups excluding tert-OH is 3. The highest BCUT2D eigenvalue weighted by atomic mass is 32.2. The van der Waals surface area contributed by atoms with E-state index in [4.69, 9.17) is 9.26 Å². The summed E-state index contributed by atoms with van der Waals surface area (Å²) in [7, 11) is -4.23. The van der Waals surface area contributed by atoms with Gasteiger partial charge in [0.1, 0.15) is 29.9 Å². The number of thioether (sulfide) groups is 1. The number of unbranched alkanes of at least 4 members (excludes halogenated alkanes) is 5. The van der Waals surface area contributed by atoms with Gasteiger partial charge in [0.15, 0.2) is 0 Å². The van der Waals surface area contributed by atoms with Gasteiger partial charge in [0.05, 0.1) is 11.9 Å².